The van der Waals surface area contributed by atoms with Crippen molar-refractivity contribution in [1.29, 1.82) is 0 Å². The van der Waals surface area contributed by atoms with E-state index in [1.54, 1.807) is 62.6 Å². The van der Waals surface area contributed by atoms with Crippen LogP contribution in [0.5, 0.6) is 17.2 Å². The van der Waals surface area contributed by atoms with Gasteiger partial charge in [0.25, 0.3) is 5.91 Å². The Balaban J connectivity index is 1.58. The van der Waals surface area contributed by atoms with Gasteiger partial charge in [0, 0.05) is 30.1 Å². The Morgan fingerprint density at radius 3 is 2.23 bits per heavy atom. The standard InChI is InChI=1S/C23H25N3O5/c1-29-16-6-4-15(5-7-16)22(27)26-10-8-23(28,9-11-26)21-17-12-19(30-2)20(31-3)13-18(17)24-14-25-21/h4-7,12-14,28H,8-11H2,1-3H3. The molecule has 0 unspecified atom stereocenters. The topological polar surface area (TPSA) is 94.0 Å². The molecule has 4 rings (SSSR count). The van der Waals surface area contributed by atoms with Crippen LogP contribution in [0.15, 0.2) is 42.7 Å². The molecule has 0 saturated carbocycles. The maximum absolute atomic E-state index is 12.9. The Morgan fingerprint density at radius 1 is 0.968 bits per heavy atom. The number of carbonyl (C=O) groups is 1. The van der Waals surface area contributed by atoms with Crippen LogP contribution in [0, 0.1) is 0 Å². The number of hydrogen-bond donors (Lipinski definition) is 1. The second-order valence-corrected chi connectivity index (χ2v) is 7.50. The number of aromatic nitrogens is 2. The summed E-state index contributed by atoms with van der Waals surface area (Å²) in [5.74, 6) is 1.74. The van der Waals surface area contributed by atoms with Crippen LogP contribution in [-0.4, -0.2) is 60.3 Å². The highest BCUT2D eigenvalue weighted by Crippen LogP contribution is 2.39. The molecule has 1 aliphatic rings. The fourth-order valence-electron chi connectivity index (χ4n) is 3.99. The molecule has 1 N–H and O–H groups in total. The Labute approximate surface area is 180 Å². The van der Waals surface area contributed by atoms with Crippen molar-refractivity contribution in [3.05, 3.63) is 54.0 Å². The Bertz CT molecular complexity index is 1090. The number of amides is 1. The minimum absolute atomic E-state index is 0.0661. The molecule has 1 saturated heterocycles. The molecule has 3 aromatic rings. The molecule has 1 aliphatic heterocycles. The van der Waals surface area contributed by atoms with Crippen LogP contribution in [-0.2, 0) is 5.60 Å². The molecule has 0 spiro atoms. The van der Waals surface area contributed by atoms with Crippen LogP contribution in [0.4, 0.5) is 0 Å². The fourth-order valence-corrected chi connectivity index (χ4v) is 3.99. The minimum Gasteiger partial charge on any atom is -0.497 e. The number of carbonyl (C=O) groups excluding carboxylic acids is 1. The maximum atomic E-state index is 12.9. The molecule has 31 heavy (non-hydrogen) atoms. The lowest BCUT2D eigenvalue weighted by molar-refractivity contribution is -0.0232. The molecule has 0 radical (unpaired) electrons. The molecule has 8 heteroatoms. The number of piperidine rings is 1. The van der Waals surface area contributed by atoms with Crippen molar-refractivity contribution >= 4 is 16.8 Å². The molecule has 8 nitrogen and oxygen atoms in total. The van der Waals surface area contributed by atoms with Crippen molar-refractivity contribution in [3.8, 4) is 17.2 Å². The SMILES string of the molecule is COc1ccc(C(=O)N2CCC(O)(c3ncnc4cc(OC)c(OC)cc34)CC2)cc1. The number of fused-ring (bicyclic) bond motifs is 1. The van der Waals surface area contributed by atoms with Gasteiger partial charge in [-0.15, -0.1) is 0 Å². The van der Waals surface area contributed by atoms with Gasteiger partial charge >= 0.3 is 0 Å². The zero-order chi connectivity index (χ0) is 22.0. The smallest absolute Gasteiger partial charge is 0.253 e. The summed E-state index contributed by atoms with van der Waals surface area (Å²) in [7, 11) is 4.71. The van der Waals surface area contributed by atoms with E-state index in [4.69, 9.17) is 14.2 Å². The minimum atomic E-state index is -1.17. The first kappa shape index (κ1) is 20.9. The molecule has 0 aliphatic carbocycles. The summed E-state index contributed by atoms with van der Waals surface area (Å²) in [6.07, 6.45) is 2.18. The second kappa shape index (κ2) is 8.39. The van der Waals surface area contributed by atoms with Gasteiger partial charge in [-0.05, 0) is 43.2 Å². The van der Waals surface area contributed by atoms with E-state index in [9.17, 15) is 9.90 Å². The number of hydrogen-bond acceptors (Lipinski definition) is 7. The molecule has 1 amide bonds. The third-order valence-electron chi connectivity index (χ3n) is 5.80. The monoisotopic (exact) mass is 423 g/mol. The van der Waals surface area contributed by atoms with Crippen LogP contribution in [0.1, 0.15) is 28.9 Å². The normalized spacial score (nSPS) is 15.5. The number of ether oxygens (including phenoxy) is 3. The number of nitrogens with zero attached hydrogens (tertiary/aromatic N) is 3. The number of likely N-dealkylation sites (tertiary alicyclic amines) is 1. The summed E-state index contributed by atoms with van der Waals surface area (Å²) in [6, 6.07) is 10.6. The van der Waals surface area contributed by atoms with Gasteiger partial charge in [-0.1, -0.05) is 0 Å². The molecule has 0 bridgehead atoms. The summed E-state index contributed by atoms with van der Waals surface area (Å²) in [5, 5.41) is 12.2. The van der Waals surface area contributed by atoms with Gasteiger partial charge in [-0.25, -0.2) is 9.97 Å². The fraction of sp³-hybridized carbons (Fsp3) is 0.348. The average Bonchev–Trinajstić information content (AvgIpc) is 2.82. The average molecular weight is 423 g/mol. The van der Waals surface area contributed by atoms with Gasteiger partial charge in [0.2, 0.25) is 0 Å². The lowest BCUT2D eigenvalue weighted by Crippen LogP contribution is -2.45. The molecule has 0 atom stereocenters. The van der Waals surface area contributed by atoms with Gasteiger partial charge < -0.3 is 24.2 Å². The van der Waals surface area contributed by atoms with Crippen molar-refractivity contribution < 1.29 is 24.1 Å². The predicted molar refractivity (Wildman–Crippen MR) is 115 cm³/mol. The summed E-state index contributed by atoms with van der Waals surface area (Å²) in [4.78, 5) is 23.3. The van der Waals surface area contributed by atoms with Crippen molar-refractivity contribution in [3.63, 3.8) is 0 Å². The van der Waals surface area contributed by atoms with Crippen molar-refractivity contribution in [2.45, 2.75) is 18.4 Å². The molecule has 2 heterocycles. The number of methoxy groups -OCH3 is 3. The van der Waals surface area contributed by atoms with Crippen LogP contribution < -0.4 is 14.2 Å². The Morgan fingerprint density at radius 2 is 1.61 bits per heavy atom. The molecule has 1 fully saturated rings. The van der Waals surface area contributed by atoms with E-state index in [1.807, 2.05) is 0 Å². The van der Waals surface area contributed by atoms with Crippen LogP contribution in [0.3, 0.4) is 0 Å². The zero-order valence-electron chi connectivity index (χ0n) is 17.8. The van der Waals surface area contributed by atoms with Crippen molar-refractivity contribution in [1.82, 2.24) is 14.9 Å². The largest absolute Gasteiger partial charge is 0.497 e. The number of rotatable bonds is 5. The molecular weight excluding hydrogens is 398 g/mol. The lowest BCUT2D eigenvalue weighted by Gasteiger charge is -2.38. The summed E-state index contributed by atoms with van der Waals surface area (Å²) in [6.45, 7) is 0.834. The van der Waals surface area contributed by atoms with Crippen molar-refractivity contribution in [2.24, 2.45) is 0 Å². The molecule has 1 aromatic heterocycles. The first-order valence-corrected chi connectivity index (χ1v) is 10.0. The van der Waals surface area contributed by atoms with E-state index in [0.29, 0.717) is 65.3 Å². The van der Waals surface area contributed by atoms with E-state index in [1.165, 1.54) is 6.33 Å². The van der Waals surface area contributed by atoms with Gasteiger partial charge in [-0.2, -0.15) is 0 Å². The van der Waals surface area contributed by atoms with Gasteiger partial charge in [0.15, 0.2) is 11.5 Å². The van der Waals surface area contributed by atoms with Gasteiger partial charge in [-0.3, -0.25) is 4.79 Å². The Hall–Kier alpha value is -3.39. The van der Waals surface area contributed by atoms with E-state index in [0.717, 1.165) is 0 Å². The molecule has 2 aromatic carbocycles. The highest BCUT2D eigenvalue weighted by Gasteiger charge is 2.38. The van der Waals surface area contributed by atoms with Gasteiger partial charge in [0.1, 0.15) is 17.7 Å². The Kier molecular flexibility index (Phi) is 5.65. The predicted octanol–water partition coefficient (Wildman–Crippen LogP) is 2.78. The second-order valence-electron chi connectivity index (χ2n) is 7.50. The lowest BCUT2D eigenvalue weighted by atomic mass is 9.85. The summed E-state index contributed by atoms with van der Waals surface area (Å²) < 4.78 is 15.9. The third kappa shape index (κ3) is 3.86. The van der Waals surface area contributed by atoms with E-state index in [-0.39, 0.29) is 5.91 Å². The zero-order valence-corrected chi connectivity index (χ0v) is 17.8. The maximum Gasteiger partial charge on any atom is 0.253 e. The van der Waals surface area contributed by atoms with Crippen LogP contribution in [0.25, 0.3) is 10.9 Å². The highest BCUT2D eigenvalue weighted by molar-refractivity contribution is 5.94. The first-order valence-electron chi connectivity index (χ1n) is 10.0. The van der Waals surface area contributed by atoms with E-state index >= 15 is 0 Å². The number of aliphatic hydroxyl groups is 1. The summed E-state index contributed by atoms with van der Waals surface area (Å²) >= 11 is 0. The number of benzene rings is 2. The van der Waals surface area contributed by atoms with Crippen molar-refractivity contribution in [2.75, 3.05) is 34.4 Å². The van der Waals surface area contributed by atoms with E-state index in [2.05, 4.69) is 9.97 Å². The van der Waals surface area contributed by atoms with Gasteiger partial charge in [0.05, 0.1) is 32.5 Å². The molecular formula is C23H25N3O5. The molecule has 162 valence electrons. The quantitative estimate of drug-likeness (QED) is 0.674. The van der Waals surface area contributed by atoms with Crippen LogP contribution >= 0.6 is 0 Å². The summed E-state index contributed by atoms with van der Waals surface area (Å²) in [5.41, 5.74) is 0.621. The highest BCUT2D eigenvalue weighted by atomic mass is 16.5. The first-order chi connectivity index (χ1) is 15.0. The van der Waals surface area contributed by atoms with Crippen LogP contribution in [0.2, 0.25) is 0 Å². The third-order valence-corrected chi connectivity index (χ3v) is 5.80. The van der Waals surface area contributed by atoms with E-state index < -0.39 is 5.60 Å².